The van der Waals surface area contributed by atoms with E-state index in [0.29, 0.717) is 5.69 Å². The van der Waals surface area contributed by atoms with Crippen molar-refractivity contribution in [3.63, 3.8) is 0 Å². The number of pyridine rings is 1. The molecule has 0 aromatic carbocycles. The molecule has 0 unspecified atom stereocenters. The van der Waals surface area contributed by atoms with E-state index in [0.717, 1.165) is 35.2 Å². The number of aromatic nitrogens is 2. The van der Waals surface area contributed by atoms with Gasteiger partial charge in [-0.3, -0.25) is 9.20 Å². The number of hydrogen-bond donors (Lipinski definition) is 1. The van der Waals surface area contributed by atoms with Crippen LogP contribution in [0.3, 0.4) is 0 Å². The van der Waals surface area contributed by atoms with Gasteiger partial charge in [0.25, 0.3) is 0 Å². The van der Waals surface area contributed by atoms with Crippen LogP contribution in [0, 0.1) is 0 Å². The molecule has 0 fully saturated rings. The minimum absolute atomic E-state index is 0.493. The van der Waals surface area contributed by atoms with Gasteiger partial charge in [0, 0.05) is 13.0 Å². The van der Waals surface area contributed by atoms with Crippen molar-refractivity contribution in [3.8, 4) is 0 Å². The molecular formula is C11H12BrN3O. The Balaban J connectivity index is 2.59. The molecule has 0 aliphatic carbocycles. The van der Waals surface area contributed by atoms with Gasteiger partial charge in [-0.25, -0.2) is 4.98 Å². The third-order valence-electron chi connectivity index (χ3n) is 2.42. The highest BCUT2D eigenvalue weighted by Crippen LogP contribution is 2.19. The zero-order valence-electron chi connectivity index (χ0n) is 8.90. The largest absolute Gasteiger partial charge is 0.319 e. The number of nitrogens with one attached hydrogen (secondary N) is 1. The number of fused-ring (bicyclic) bond motifs is 1. The number of carbonyl (C=O) groups is 1. The fraction of sp³-hybridized carbons (Fsp3) is 0.273. The summed E-state index contributed by atoms with van der Waals surface area (Å²) in [5.74, 6) is 0.888. The van der Waals surface area contributed by atoms with Crippen LogP contribution in [0.15, 0.2) is 22.8 Å². The highest BCUT2D eigenvalue weighted by Gasteiger charge is 2.11. The lowest BCUT2D eigenvalue weighted by Gasteiger charge is -2.02. The van der Waals surface area contributed by atoms with Crippen molar-refractivity contribution in [1.29, 1.82) is 0 Å². The maximum atomic E-state index is 10.9. The summed E-state index contributed by atoms with van der Waals surface area (Å²) in [5.41, 5.74) is 1.34. The van der Waals surface area contributed by atoms with Gasteiger partial charge in [0.1, 0.15) is 11.5 Å². The van der Waals surface area contributed by atoms with Gasteiger partial charge in [-0.1, -0.05) is 6.07 Å². The molecule has 0 aliphatic rings. The van der Waals surface area contributed by atoms with Crippen molar-refractivity contribution in [3.05, 3.63) is 34.3 Å². The third kappa shape index (κ3) is 1.88. The Morgan fingerprint density at radius 3 is 3.06 bits per heavy atom. The Kier molecular flexibility index (Phi) is 3.36. The second-order valence-corrected chi connectivity index (χ2v) is 4.27. The molecule has 4 nitrogen and oxygen atoms in total. The summed E-state index contributed by atoms with van der Waals surface area (Å²) < 4.78 is 2.87. The molecule has 5 heteroatoms. The molecule has 0 bridgehead atoms. The average molecular weight is 282 g/mol. The SMILES string of the molecule is CNCCc1nc(C=O)c2cccc(Br)n12. The molecule has 0 atom stereocenters. The topological polar surface area (TPSA) is 46.4 Å². The third-order valence-corrected chi connectivity index (χ3v) is 3.04. The van der Waals surface area contributed by atoms with E-state index in [2.05, 4.69) is 26.2 Å². The van der Waals surface area contributed by atoms with Crippen LogP contribution in [0.5, 0.6) is 0 Å². The number of nitrogens with zero attached hydrogens (tertiary/aromatic N) is 2. The van der Waals surface area contributed by atoms with Crippen LogP contribution in [0.2, 0.25) is 0 Å². The first kappa shape index (κ1) is 11.3. The van der Waals surface area contributed by atoms with Crippen LogP contribution in [0.1, 0.15) is 16.3 Å². The van der Waals surface area contributed by atoms with Crippen LogP contribution in [0.4, 0.5) is 0 Å². The Labute approximate surface area is 102 Å². The van der Waals surface area contributed by atoms with E-state index in [4.69, 9.17) is 0 Å². The number of carbonyl (C=O) groups excluding carboxylic acids is 1. The molecule has 0 radical (unpaired) electrons. The average Bonchev–Trinajstić information content (AvgIpc) is 2.66. The number of likely N-dealkylation sites (N-methyl/N-ethyl adjacent to an activating group) is 1. The monoisotopic (exact) mass is 281 g/mol. The lowest BCUT2D eigenvalue weighted by Crippen LogP contribution is -2.12. The van der Waals surface area contributed by atoms with E-state index in [1.807, 2.05) is 29.6 Å². The van der Waals surface area contributed by atoms with Crippen LogP contribution in [-0.4, -0.2) is 29.3 Å². The quantitative estimate of drug-likeness (QED) is 0.685. The van der Waals surface area contributed by atoms with E-state index in [1.54, 1.807) is 0 Å². The molecule has 0 spiro atoms. The molecule has 1 N–H and O–H groups in total. The summed E-state index contributed by atoms with van der Waals surface area (Å²) in [6.07, 6.45) is 1.58. The van der Waals surface area contributed by atoms with E-state index in [9.17, 15) is 4.79 Å². The van der Waals surface area contributed by atoms with Crippen molar-refractivity contribution in [2.75, 3.05) is 13.6 Å². The van der Waals surface area contributed by atoms with Crippen molar-refractivity contribution in [1.82, 2.24) is 14.7 Å². The Hall–Kier alpha value is -1.20. The van der Waals surface area contributed by atoms with Crippen LogP contribution in [0.25, 0.3) is 5.52 Å². The lowest BCUT2D eigenvalue weighted by molar-refractivity contribution is 0.112. The molecule has 2 rings (SSSR count). The van der Waals surface area contributed by atoms with Gasteiger partial charge < -0.3 is 5.32 Å². The van der Waals surface area contributed by atoms with Crippen LogP contribution in [-0.2, 0) is 6.42 Å². The number of halogens is 1. The van der Waals surface area contributed by atoms with Crippen LogP contribution >= 0.6 is 15.9 Å². The summed E-state index contributed by atoms with van der Waals surface area (Å²) in [5, 5.41) is 3.07. The van der Waals surface area contributed by atoms with Gasteiger partial charge in [-0.15, -0.1) is 0 Å². The maximum absolute atomic E-state index is 10.9. The van der Waals surface area contributed by atoms with Gasteiger partial charge in [0.05, 0.1) is 10.1 Å². The molecule has 0 saturated heterocycles. The summed E-state index contributed by atoms with van der Waals surface area (Å²) in [4.78, 5) is 15.2. The Morgan fingerprint density at radius 1 is 1.56 bits per heavy atom. The Morgan fingerprint density at radius 2 is 2.38 bits per heavy atom. The highest BCUT2D eigenvalue weighted by atomic mass is 79.9. The summed E-state index contributed by atoms with van der Waals surface area (Å²) in [7, 11) is 1.89. The number of rotatable bonds is 4. The lowest BCUT2D eigenvalue weighted by atomic mass is 10.3. The number of hydrogen-bond acceptors (Lipinski definition) is 3. The van der Waals surface area contributed by atoms with Gasteiger partial charge in [-0.2, -0.15) is 0 Å². The van der Waals surface area contributed by atoms with E-state index >= 15 is 0 Å². The normalized spacial score (nSPS) is 10.9. The molecule has 16 heavy (non-hydrogen) atoms. The summed E-state index contributed by atoms with van der Waals surface area (Å²) in [6, 6.07) is 5.73. The number of aldehydes is 1. The van der Waals surface area contributed by atoms with E-state index in [-0.39, 0.29) is 0 Å². The van der Waals surface area contributed by atoms with E-state index < -0.39 is 0 Å². The zero-order chi connectivity index (χ0) is 11.5. The van der Waals surface area contributed by atoms with Crippen molar-refractivity contribution in [2.24, 2.45) is 0 Å². The first-order valence-corrected chi connectivity index (χ1v) is 5.83. The smallest absolute Gasteiger partial charge is 0.170 e. The van der Waals surface area contributed by atoms with Gasteiger partial charge in [-0.05, 0) is 35.1 Å². The van der Waals surface area contributed by atoms with Gasteiger partial charge in [0.15, 0.2) is 6.29 Å². The van der Waals surface area contributed by atoms with Crippen molar-refractivity contribution >= 4 is 27.7 Å². The fourth-order valence-corrected chi connectivity index (χ4v) is 2.23. The van der Waals surface area contributed by atoms with Crippen LogP contribution < -0.4 is 5.32 Å². The summed E-state index contributed by atoms with van der Waals surface area (Å²) in [6.45, 7) is 0.832. The van der Waals surface area contributed by atoms with Gasteiger partial charge in [0.2, 0.25) is 0 Å². The molecule has 2 aromatic rings. The first-order chi connectivity index (χ1) is 7.77. The van der Waals surface area contributed by atoms with Crippen molar-refractivity contribution in [2.45, 2.75) is 6.42 Å². The number of imidazole rings is 1. The molecule has 0 amide bonds. The maximum Gasteiger partial charge on any atom is 0.170 e. The molecular weight excluding hydrogens is 270 g/mol. The highest BCUT2D eigenvalue weighted by molar-refractivity contribution is 9.10. The minimum atomic E-state index is 0.493. The molecule has 2 aromatic heterocycles. The van der Waals surface area contributed by atoms with Crippen molar-refractivity contribution < 1.29 is 4.79 Å². The standard InChI is InChI=1S/C11H12BrN3O/c1-13-6-5-11-14-8(7-16)9-3-2-4-10(12)15(9)11/h2-4,7,13H,5-6H2,1H3. The second kappa shape index (κ2) is 4.76. The molecule has 0 saturated carbocycles. The zero-order valence-corrected chi connectivity index (χ0v) is 10.5. The molecule has 2 heterocycles. The fourth-order valence-electron chi connectivity index (χ4n) is 1.68. The van der Waals surface area contributed by atoms with E-state index in [1.165, 1.54) is 0 Å². The Bertz CT molecular complexity index is 521. The first-order valence-electron chi connectivity index (χ1n) is 5.03. The summed E-state index contributed by atoms with van der Waals surface area (Å²) >= 11 is 3.47. The predicted octanol–water partition coefficient (Wildman–Crippen LogP) is 1.67. The predicted molar refractivity (Wildman–Crippen MR) is 65.9 cm³/mol. The molecule has 0 aliphatic heterocycles. The second-order valence-electron chi connectivity index (χ2n) is 3.45. The molecule has 84 valence electrons. The van der Waals surface area contributed by atoms with Gasteiger partial charge >= 0.3 is 0 Å². The minimum Gasteiger partial charge on any atom is -0.319 e.